The highest BCUT2D eigenvalue weighted by Crippen LogP contribution is 2.31. The second kappa shape index (κ2) is 9.43. The van der Waals surface area contributed by atoms with E-state index in [0.29, 0.717) is 23.7 Å². The Morgan fingerprint density at radius 1 is 1.17 bits per heavy atom. The highest BCUT2D eigenvalue weighted by Gasteiger charge is 2.34. The van der Waals surface area contributed by atoms with Crippen LogP contribution >= 0.6 is 0 Å². The fraction of sp³-hybridized carbons (Fsp3) is 0.364. The number of ether oxygens (including phenoxy) is 1. The molecule has 0 aromatic heterocycles. The molecule has 1 fully saturated rings. The summed E-state index contributed by atoms with van der Waals surface area (Å²) in [7, 11) is 0. The van der Waals surface area contributed by atoms with Crippen LogP contribution in [-0.4, -0.2) is 47.2 Å². The smallest absolute Gasteiger partial charge is 0.319 e. The molecule has 29 heavy (non-hydrogen) atoms. The molecule has 0 heterocycles. The van der Waals surface area contributed by atoms with Gasteiger partial charge in [0.25, 0.3) is 0 Å². The zero-order valence-corrected chi connectivity index (χ0v) is 16.7. The van der Waals surface area contributed by atoms with E-state index >= 15 is 0 Å². The van der Waals surface area contributed by atoms with Crippen LogP contribution in [0, 0.1) is 6.92 Å². The number of urea groups is 1. The third-order valence-electron chi connectivity index (χ3n) is 5.06. The Bertz CT molecular complexity index is 850. The van der Waals surface area contributed by atoms with Crippen LogP contribution in [0.5, 0.6) is 11.5 Å². The highest BCUT2D eigenvalue weighted by molar-refractivity contribution is 5.91. The largest absolute Gasteiger partial charge is 0.480 e. The van der Waals surface area contributed by atoms with E-state index in [2.05, 4.69) is 10.6 Å². The number of hydrogen-bond acceptors (Lipinski definition) is 4. The summed E-state index contributed by atoms with van der Waals surface area (Å²) in [4.78, 5) is 25.3. The topological polar surface area (TPSA) is 90.9 Å². The molecule has 0 aliphatic heterocycles. The summed E-state index contributed by atoms with van der Waals surface area (Å²) < 4.78 is 5.91. The highest BCUT2D eigenvalue weighted by atomic mass is 16.5. The molecule has 0 atom stereocenters. The number of hydrogen-bond donors (Lipinski definition) is 3. The van der Waals surface area contributed by atoms with Crippen molar-refractivity contribution in [3.63, 3.8) is 0 Å². The van der Waals surface area contributed by atoms with E-state index < -0.39 is 5.97 Å². The van der Waals surface area contributed by atoms with E-state index in [-0.39, 0.29) is 24.7 Å². The molecule has 3 rings (SSSR count). The Hall–Kier alpha value is -3.06. The molecular weight excluding hydrogens is 370 g/mol. The summed E-state index contributed by atoms with van der Waals surface area (Å²) in [5.74, 6) is 0.438. The van der Waals surface area contributed by atoms with Crippen LogP contribution in [0.25, 0.3) is 0 Å². The van der Waals surface area contributed by atoms with Crippen LogP contribution in [-0.2, 0) is 4.79 Å². The lowest BCUT2D eigenvalue weighted by Crippen LogP contribution is -2.55. The van der Waals surface area contributed by atoms with Crippen LogP contribution in [0.2, 0.25) is 0 Å². The number of aliphatic carboxylic acids is 1. The Morgan fingerprint density at radius 2 is 1.90 bits per heavy atom. The first-order valence-electron chi connectivity index (χ1n) is 9.81. The molecule has 2 amide bonds. The molecule has 2 aromatic rings. The van der Waals surface area contributed by atoms with Crippen molar-refractivity contribution in [2.24, 2.45) is 0 Å². The standard InChI is InChI=1S/C22H27N3O4/c1-3-25(14-21(26)27)17-12-16(13-17)23-22(28)24-19-11-15(2)9-10-20(19)29-18-7-5-4-6-8-18/h4-11,16-17H,3,12-14H2,1-2H3,(H,26,27)(H2,23,24,28). The predicted molar refractivity (Wildman–Crippen MR) is 112 cm³/mol. The van der Waals surface area contributed by atoms with Crippen molar-refractivity contribution in [3.8, 4) is 11.5 Å². The average Bonchev–Trinajstić information content (AvgIpc) is 2.65. The maximum Gasteiger partial charge on any atom is 0.319 e. The van der Waals surface area contributed by atoms with Gasteiger partial charge in [0.1, 0.15) is 5.75 Å². The number of para-hydroxylation sites is 1. The lowest BCUT2D eigenvalue weighted by atomic mass is 9.85. The molecule has 1 aliphatic carbocycles. The molecule has 0 saturated heterocycles. The molecule has 154 valence electrons. The normalized spacial score (nSPS) is 18.0. The van der Waals surface area contributed by atoms with Gasteiger partial charge in [-0.15, -0.1) is 0 Å². The number of nitrogens with zero attached hydrogens (tertiary/aromatic N) is 1. The minimum atomic E-state index is -0.827. The average molecular weight is 397 g/mol. The van der Waals surface area contributed by atoms with E-state index in [1.165, 1.54) is 0 Å². The van der Waals surface area contributed by atoms with Gasteiger partial charge in [0, 0.05) is 12.1 Å². The first-order chi connectivity index (χ1) is 13.9. The molecule has 0 radical (unpaired) electrons. The van der Waals surface area contributed by atoms with Gasteiger partial charge < -0.3 is 20.5 Å². The van der Waals surface area contributed by atoms with Gasteiger partial charge in [-0.25, -0.2) is 4.79 Å². The van der Waals surface area contributed by atoms with Gasteiger partial charge in [0.2, 0.25) is 0 Å². The second-order valence-corrected chi connectivity index (χ2v) is 7.29. The zero-order valence-electron chi connectivity index (χ0n) is 16.7. The summed E-state index contributed by atoms with van der Waals surface area (Å²) >= 11 is 0. The minimum Gasteiger partial charge on any atom is -0.480 e. The van der Waals surface area contributed by atoms with E-state index in [0.717, 1.165) is 18.4 Å². The Balaban J connectivity index is 1.56. The number of amides is 2. The first kappa shape index (κ1) is 20.7. The zero-order chi connectivity index (χ0) is 20.8. The number of anilines is 1. The molecule has 1 aliphatic rings. The van der Waals surface area contributed by atoms with Crippen LogP contribution in [0.15, 0.2) is 48.5 Å². The van der Waals surface area contributed by atoms with Crippen molar-refractivity contribution in [2.75, 3.05) is 18.4 Å². The molecule has 0 spiro atoms. The van der Waals surface area contributed by atoms with Crippen molar-refractivity contribution < 1.29 is 19.4 Å². The molecule has 7 heteroatoms. The Kier molecular flexibility index (Phi) is 6.72. The van der Waals surface area contributed by atoms with Gasteiger partial charge in [0.15, 0.2) is 5.75 Å². The maximum absolute atomic E-state index is 12.5. The minimum absolute atomic E-state index is 0.0313. The summed E-state index contributed by atoms with van der Waals surface area (Å²) in [6, 6.07) is 15.0. The summed E-state index contributed by atoms with van der Waals surface area (Å²) in [6.07, 6.45) is 1.49. The van der Waals surface area contributed by atoms with Gasteiger partial charge in [0.05, 0.1) is 12.2 Å². The first-order valence-corrected chi connectivity index (χ1v) is 9.81. The number of likely N-dealkylation sites (N-methyl/N-ethyl adjacent to an activating group) is 1. The van der Waals surface area contributed by atoms with E-state index in [4.69, 9.17) is 9.84 Å². The van der Waals surface area contributed by atoms with Gasteiger partial charge in [-0.3, -0.25) is 9.69 Å². The lowest BCUT2D eigenvalue weighted by molar-refractivity contribution is -0.139. The molecule has 1 saturated carbocycles. The fourth-order valence-corrected chi connectivity index (χ4v) is 3.47. The van der Waals surface area contributed by atoms with Crippen molar-refractivity contribution >= 4 is 17.7 Å². The predicted octanol–water partition coefficient (Wildman–Crippen LogP) is 3.85. The number of carboxylic acid groups (broad SMARTS) is 1. The number of carbonyl (C=O) groups is 2. The third kappa shape index (κ3) is 5.71. The number of nitrogens with one attached hydrogen (secondary N) is 2. The third-order valence-corrected chi connectivity index (χ3v) is 5.06. The number of aryl methyl sites for hydroxylation is 1. The molecule has 0 unspecified atom stereocenters. The SMILES string of the molecule is CCN(CC(=O)O)C1CC(NC(=O)Nc2cc(C)ccc2Oc2ccccc2)C1. The molecule has 7 nitrogen and oxygen atoms in total. The van der Waals surface area contributed by atoms with Crippen LogP contribution in [0.3, 0.4) is 0 Å². The van der Waals surface area contributed by atoms with Crippen LogP contribution in [0.1, 0.15) is 25.3 Å². The summed E-state index contributed by atoms with van der Waals surface area (Å²) in [6.45, 7) is 4.61. The quantitative estimate of drug-likeness (QED) is 0.629. The van der Waals surface area contributed by atoms with Gasteiger partial charge >= 0.3 is 12.0 Å². The van der Waals surface area contributed by atoms with E-state index in [1.54, 1.807) is 0 Å². The van der Waals surface area contributed by atoms with E-state index in [9.17, 15) is 9.59 Å². The number of rotatable bonds is 8. The van der Waals surface area contributed by atoms with E-state index in [1.807, 2.05) is 67.3 Å². The summed E-state index contributed by atoms with van der Waals surface area (Å²) in [5, 5.41) is 14.8. The number of benzene rings is 2. The Morgan fingerprint density at radius 3 is 2.55 bits per heavy atom. The van der Waals surface area contributed by atoms with Gasteiger partial charge in [-0.05, 0) is 56.1 Å². The molecule has 2 aromatic carbocycles. The lowest BCUT2D eigenvalue weighted by Gasteiger charge is -2.42. The van der Waals surface area contributed by atoms with Crippen LogP contribution in [0.4, 0.5) is 10.5 Å². The maximum atomic E-state index is 12.5. The van der Waals surface area contributed by atoms with Crippen LogP contribution < -0.4 is 15.4 Å². The number of carbonyl (C=O) groups excluding carboxylic acids is 1. The Labute approximate surface area is 170 Å². The van der Waals surface area contributed by atoms with Crippen molar-refractivity contribution in [1.82, 2.24) is 10.2 Å². The van der Waals surface area contributed by atoms with Crippen molar-refractivity contribution in [1.29, 1.82) is 0 Å². The van der Waals surface area contributed by atoms with Crippen molar-refractivity contribution in [2.45, 2.75) is 38.8 Å². The van der Waals surface area contributed by atoms with Crippen molar-refractivity contribution in [3.05, 3.63) is 54.1 Å². The molecular formula is C22H27N3O4. The second-order valence-electron chi connectivity index (χ2n) is 7.29. The molecule has 3 N–H and O–H groups in total. The fourth-order valence-electron chi connectivity index (χ4n) is 3.47. The number of carboxylic acids is 1. The van der Waals surface area contributed by atoms with Gasteiger partial charge in [-0.1, -0.05) is 31.2 Å². The summed E-state index contributed by atoms with van der Waals surface area (Å²) in [5.41, 5.74) is 1.61. The molecule has 0 bridgehead atoms. The monoisotopic (exact) mass is 397 g/mol. The van der Waals surface area contributed by atoms with Gasteiger partial charge in [-0.2, -0.15) is 0 Å².